The Kier molecular flexibility index (Phi) is 3.60. The molecule has 0 saturated heterocycles. The molecule has 4 saturated carbocycles. The van der Waals surface area contributed by atoms with Gasteiger partial charge in [-0.2, -0.15) is 0 Å². The Morgan fingerprint density at radius 1 is 1.30 bits per heavy atom. The molecule has 20 heavy (non-hydrogen) atoms. The Bertz CT molecular complexity index is 378. The maximum atomic E-state index is 12.9. The first-order valence-electron chi connectivity index (χ1n) is 8.40. The van der Waals surface area contributed by atoms with E-state index in [0.717, 1.165) is 37.5 Å². The molecule has 3 heteroatoms. The van der Waals surface area contributed by atoms with E-state index in [9.17, 15) is 4.79 Å². The lowest BCUT2D eigenvalue weighted by Gasteiger charge is -2.60. The first kappa shape index (κ1) is 14.4. The first-order chi connectivity index (χ1) is 9.48. The van der Waals surface area contributed by atoms with Crippen molar-refractivity contribution in [3.63, 3.8) is 0 Å². The summed E-state index contributed by atoms with van der Waals surface area (Å²) in [6.07, 6.45) is 8.95. The molecule has 3 unspecified atom stereocenters. The zero-order chi connectivity index (χ0) is 14.4. The summed E-state index contributed by atoms with van der Waals surface area (Å²) in [6, 6.07) is 0.147. The van der Waals surface area contributed by atoms with Gasteiger partial charge < -0.3 is 10.4 Å². The molecule has 0 heterocycles. The molecule has 2 N–H and O–H groups in total. The molecule has 4 rings (SSSR count). The van der Waals surface area contributed by atoms with Crippen molar-refractivity contribution in [1.29, 1.82) is 0 Å². The van der Waals surface area contributed by atoms with Crippen molar-refractivity contribution in [1.82, 2.24) is 5.32 Å². The van der Waals surface area contributed by atoms with Gasteiger partial charge >= 0.3 is 0 Å². The Balaban J connectivity index is 1.74. The monoisotopic (exact) mass is 279 g/mol. The van der Waals surface area contributed by atoms with Crippen LogP contribution in [-0.4, -0.2) is 23.7 Å². The highest BCUT2D eigenvalue weighted by atomic mass is 16.3. The van der Waals surface area contributed by atoms with E-state index in [4.69, 9.17) is 5.11 Å². The third-order valence-corrected chi connectivity index (χ3v) is 6.14. The van der Waals surface area contributed by atoms with Crippen LogP contribution in [-0.2, 0) is 4.79 Å². The van der Waals surface area contributed by atoms with Crippen LogP contribution in [0, 0.1) is 22.7 Å². The number of aliphatic hydroxyl groups is 1. The van der Waals surface area contributed by atoms with Crippen LogP contribution < -0.4 is 5.32 Å². The van der Waals surface area contributed by atoms with Crippen LogP contribution in [0.1, 0.15) is 65.2 Å². The van der Waals surface area contributed by atoms with E-state index in [2.05, 4.69) is 19.2 Å². The van der Waals surface area contributed by atoms with E-state index in [0.29, 0.717) is 11.8 Å². The van der Waals surface area contributed by atoms with Crippen molar-refractivity contribution in [3.8, 4) is 0 Å². The van der Waals surface area contributed by atoms with Crippen LogP contribution in [0.3, 0.4) is 0 Å². The lowest BCUT2D eigenvalue weighted by molar-refractivity contribution is -0.156. The molecule has 3 atom stereocenters. The highest BCUT2D eigenvalue weighted by Gasteiger charge is 2.58. The van der Waals surface area contributed by atoms with Crippen LogP contribution >= 0.6 is 0 Å². The number of rotatable bonds is 5. The van der Waals surface area contributed by atoms with Crippen molar-refractivity contribution in [2.24, 2.45) is 22.7 Å². The minimum absolute atomic E-state index is 0.0816. The molecule has 4 aliphatic carbocycles. The second-order valence-electron chi connectivity index (χ2n) is 8.14. The molecular weight excluding hydrogens is 250 g/mol. The van der Waals surface area contributed by atoms with Gasteiger partial charge in [0.2, 0.25) is 5.91 Å². The number of nitrogens with one attached hydrogen (secondary N) is 1. The molecule has 4 aliphatic rings. The Morgan fingerprint density at radius 2 is 1.95 bits per heavy atom. The van der Waals surface area contributed by atoms with Gasteiger partial charge in [0.05, 0.1) is 5.41 Å². The zero-order valence-electron chi connectivity index (χ0n) is 13.0. The molecule has 0 aromatic carbocycles. The molecular formula is C17H29NO2. The Morgan fingerprint density at radius 3 is 2.45 bits per heavy atom. The predicted octanol–water partition coefficient (Wildman–Crippen LogP) is 2.87. The van der Waals surface area contributed by atoms with E-state index in [-0.39, 0.29) is 24.0 Å². The fourth-order valence-electron chi connectivity index (χ4n) is 5.86. The van der Waals surface area contributed by atoms with E-state index in [1.807, 2.05) is 0 Å². The molecule has 0 aromatic heterocycles. The van der Waals surface area contributed by atoms with Crippen LogP contribution in [0.5, 0.6) is 0 Å². The van der Waals surface area contributed by atoms with Crippen LogP contribution in [0.2, 0.25) is 0 Å². The van der Waals surface area contributed by atoms with E-state index < -0.39 is 0 Å². The molecule has 4 fully saturated rings. The summed E-state index contributed by atoms with van der Waals surface area (Å²) in [7, 11) is 0. The zero-order valence-corrected chi connectivity index (χ0v) is 13.0. The summed E-state index contributed by atoms with van der Waals surface area (Å²) in [6.45, 7) is 4.65. The molecule has 0 radical (unpaired) electrons. The smallest absolute Gasteiger partial charge is 0.226 e. The number of aliphatic hydroxyl groups excluding tert-OH is 1. The van der Waals surface area contributed by atoms with E-state index in [1.165, 1.54) is 19.3 Å². The third kappa shape index (κ3) is 2.38. The van der Waals surface area contributed by atoms with Gasteiger partial charge in [-0.15, -0.1) is 0 Å². The molecule has 0 aromatic rings. The maximum Gasteiger partial charge on any atom is 0.226 e. The van der Waals surface area contributed by atoms with Gasteiger partial charge in [-0.25, -0.2) is 0 Å². The lowest BCUT2D eigenvalue weighted by Crippen LogP contribution is -2.57. The average molecular weight is 279 g/mol. The summed E-state index contributed by atoms with van der Waals surface area (Å²) >= 11 is 0. The van der Waals surface area contributed by atoms with Gasteiger partial charge in [-0.3, -0.25) is 4.79 Å². The topological polar surface area (TPSA) is 49.3 Å². The number of hydrogen-bond acceptors (Lipinski definition) is 2. The minimum atomic E-state index is -0.0816. The summed E-state index contributed by atoms with van der Waals surface area (Å²) in [5, 5.41) is 12.3. The van der Waals surface area contributed by atoms with Crippen molar-refractivity contribution in [2.75, 3.05) is 6.61 Å². The molecule has 0 aliphatic heterocycles. The van der Waals surface area contributed by atoms with Gasteiger partial charge in [0.15, 0.2) is 0 Å². The highest BCUT2D eigenvalue weighted by Crippen LogP contribution is 2.65. The van der Waals surface area contributed by atoms with Gasteiger partial charge in [-0.05, 0) is 68.6 Å². The standard InChI is InChI=1S/C17H29NO2/c1-3-14(4-5-19)18-15(20)17-9-12-6-13(10-17)8-16(2,7-12)11-17/h12-14,19H,3-11H2,1-2H3,(H,18,20). The molecule has 114 valence electrons. The normalized spacial score (nSPS) is 43.5. The number of hydrogen-bond donors (Lipinski definition) is 2. The molecule has 0 spiro atoms. The van der Waals surface area contributed by atoms with Gasteiger partial charge in [0, 0.05) is 12.6 Å². The summed E-state index contributed by atoms with van der Waals surface area (Å²) in [5.41, 5.74) is 0.335. The van der Waals surface area contributed by atoms with E-state index >= 15 is 0 Å². The molecule has 1 amide bonds. The number of amides is 1. The first-order valence-corrected chi connectivity index (χ1v) is 8.40. The van der Waals surface area contributed by atoms with Crippen LogP contribution in [0.4, 0.5) is 0 Å². The minimum Gasteiger partial charge on any atom is -0.396 e. The van der Waals surface area contributed by atoms with Gasteiger partial charge in [-0.1, -0.05) is 13.8 Å². The summed E-state index contributed by atoms with van der Waals surface area (Å²) in [4.78, 5) is 12.9. The number of carbonyl (C=O) groups excluding carboxylic acids is 1. The largest absolute Gasteiger partial charge is 0.396 e. The fourth-order valence-corrected chi connectivity index (χ4v) is 5.86. The van der Waals surface area contributed by atoms with E-state index in [1.54, 1.807) is 0 Å². The summed E-state index contributed by atoms with van der Waals surface area (Å²) < 4.78 is 0. The van der Waals surface area contributed by atoms with Crippen molar-refractivity contribution in [3.05, 3.63) is 0 Å². The maximum absolute atomic E-state index is 12.9. The van der Waals surface area contributed by atoms with Crippen molar-refractivity contribution >= 4 is 5.91 Å². The average Bonchev–Trinajstić information content (AvgIpc) is 2.35. The third-order valence-electron chi connectivity index (χ3n) is 6.14. The SMILES string of the molecule is CCC(CCO)NC(=O)C12CC3CC(CC(C)(C3)C1)C2. The number of carbonyl (C=O) groups is 1. The second kappa shape index (κ2) is 5.01. The van der Waals surface area contributed by atoms with Crippen molar-refractivity contribution in [2.45, 2.75) is 71.3 Å². The molecule has 3 nitrogen and oxygen atoms in total. The lowest BCUT2D eigenvalue weighted by atomic mass is 9.44. The predicted molar refractivity (Wildman–Crippen MR) is 79.1 cm³/mol. The van der Waals surface area contributed by atoms with Gasteiger partial charge in [0.1, 0.15) is 0 Å². The van der Waals surface area contributed by atoms with Gasteiger partial charge in [0.25, 0.3) is 0 Å². The summed E-state index contributed by atoms with van der Waals surface area (Å²) in [5.74, 6) is 1.85. The second-order valence-corrected chi connectivity index (χ2v) is 8.14. The van der Waals surface area contributed by atoms with Crippen LogP contribution in [0.25, 0.3) is 0 Å². The van der Waals surface area contributed by atoms with Crippen LogP contribution in [0.15, 0.2) is 0 Å². The Labute approximate surface area is 122 Å². The highest BCUT2D eigenvalue weighted by molar-refractivity contribution is 5.83. The van der Waals surface area contributed by atoms with Crippen molar-refractivity contribution < 1.29 is 9.90 Å². The quantitative estimate of drug-likeness (QED) is 0.813. The Hall–Kier alpha value is -0.570. The fraction of sp³-hybridized carbons (Fsp3) is 0.941. The molecule has 4 bridgehead atoms.